The van der Waals surface area contributed by atoms with Gasteiger partial charge in [-0.15, -0.1) is 0 Å². The molecule has 226 valence electrons. The van der Waals surface area contributed by atoms with Gasteiger partial charge in [0.2, 0.25) is 11.9 Å². The SMILES string of the molecule is CC[C@@H]1C(=O)N(C)c2cnc(Nc3ccc(C(=O)NCCN4CCNC(C(=O)O)C4)cc3OC)nc2N1C1CCCC1. The highest BCUT2D eigenvalue weighted by molar-refractivity contribution is 6.04. The van der Waals surface area contributed by atoms with E-state index in [0.717, 1.165) is 38.0 Å². The zero-order chi connectivity index (χ0) is 29.8. The van der Waals surface area contributed by atoms with E-state index in [9.17, 15) is 19.5 Å². The molecule has 1 aromatic heterocycles. The van der Waals surface area contributed by atoms with Gasteiger partial charge in [-0.25, -0.2) is 4.98 Å². The van der Waals surface area contributed by atoms with E-state index in [0.29, 0.717) is 61.2 Å². The van der Waals surface area contributed by atoms with Gasteiger partial charge in [0.25, 0.3) is 5.91 Å². The van der Waals surface area contributed by atoms with E-state index in [2.05, 4.69) is 25.8 Å². The first kappa shape index (κ1) is 29.5. The smallest absolute Gasteiger partial charge is 0.322 e. The zero-order valence-corrected chi connectivity index (χ0v) is 24.4. The van der Waals surface area contributed by atoms with E-state index < -0.39 is 12.0 Å². The summed E-state index contributed by atoms with van der Waals surface area (Å²) >= 11 is 0. The summed E-state index contributed by atoms with van der Waals surface area (Å²) in [6.07, 6.45) is 6.74. The molecule has 0 radical (unpaired) electrons. The lowest BCUT2D eigenvalue weighted by Crippen LogP contribution is -2.55. The Bertz CT molecular complexity index is 1320. The summed E-state index contributed by atoms with van der Waals surface area (Å²) in [4.78, 5) is 52.5. The summed E-state index contributed by atoms with van der Waals surface area (Å²) in [7, 11) is 3.31. The van der Waals surface area contributed by atoms with E-state index in [-0.39, 0.29) is 23.9 Å². The summed E-state index contributed by atoms with van der Waals surface area (Å²) in [5.74, 6) is 0.531. The maximum Gasteiger partial charge on any atom is 0.322 e. The highest BCUT2D eigenvalue weighted by Crippen LogP contribution is 2.40. The van der Waals surface area contributed by atoms with Crippen molar-refractivity contribution in [3.63, 3.8) is 0 Å². The number of carboxylic acids is 1. The van der Waals surface area contributed by atoms with Crippen LogP contribution >= 0.6 is 0 Å². The van der Waals surface area contributed by atoms with Crippen molar-refractivity contribution in [2.45, 2.75) is 57.2 Å². The molecule has 3 heterocycles. The Morgan fingerprint density at radius 1 is 1.24 bits per heavy atom. The molecule has 13 heteroatoms. The molecule has 2 atom stereocenters. The van der Waals surface area contributed by atoms with Crippen LogP contribution in [0.15, 0.2) is 24.4 Å². The van der Waals surface area contributed by atoms with Crippen molar-refractivity contribution in [3.8, 4) is 5.75 Å². The molecule has 2 aliphatic heterocycles. The third kappa shape index (κ3) is 6.12. The minimum Gasteiger partial charge on any atom is -0.495 e. The first-order chi connectivity index (χ1) is 20.3. The number of carbonyl (C=O) groups excluding carboxylic acids is 2. The second kappa shape index (κ2) is 12.9. The number of aliphatic carboxylic acids is 1. The molecule has 1 aromatic carbocycles. The number of methoxy groups -OCH3 is 1. The van der Waals surface area contributed by atoms with Crippen LogP contribution in [0.25, 0.3) is 0 Å². The lowest BCUT2D eigenvalue weighted by molar-refractivity contribution is -0.140. The van der Waals surface area contributed by atoms with Crippen molar-refractivity contribution < 1.29 is 24.2 Å². The van der Waals surface area contributed by atoms with E-state index in [1.54, 1.807) is 36.3 Å². The van der Waals surface area contributed by atoms with Crippen molar-refractivity contribution in [1.29, 1.82) is 0 Å². The number of anilines is 4. The van der Waals surface area contributed by atoms with Gasteiger partial charge in [0.1, 0.15) is 23.5 Å². The third-order valence-electron chi connectivity index (χ3n) is 8.39. The van der Waals surface area contributed by atoms with Gasteiger partial charge in [-0.1, -0.05) is 19.8 Å². The van der Waals surface area contributed by atoms with Gasteiger partial charge >= 0.3 is 5.97 Å². The lowest BCUT2D eigenvalue weighted by atomic mass is 10.0. The molecule has 42 heavy (non-hydrogen) atoms. The molecule has 1 saturated carbocycles. The Hall–Kier alpha value is -3.97. The van der Waals surface area contributed by atoms with Crippen molar-refractivity contribution >= 4 is 40.9 Å². The molecule has 0 bridgehead atoms. The maximum absolute atomic E-state index is 13.2. The van der Waals surface area contributed by atoms with Crippen LogP contribution < -0.4 is 30.5 Å². The number of amides is 2. The first-order valence-corrected chi connectivity index (χ1v) is 14.7. The molecule has 2 fully saturated rings. The fraction of sp³-hybridized carbons (Fsp3) is 0.552. The van der Waals surface area contributed by atoms with Crippen LogP contribution in [-0.4, -0.2) is 103 Å². The van der Waals surface area contributed by atoms with Crippen LogP contribution in [-0.2, 0) is 9.59 Å². The van der Waals surface area contributed by atoms with Crippen molar-refractivity contribution in [3.05, 3.63) is 30.0 Å². The number of piperazine rings is 1. The number of carboxylic acid groups (broad SMARTS) is 1. The van der Waals surface area contributed by atoms with Crippen molar-refractivity contribution in [2.24, 2.45) is 0 Å². The Labute approximate surface area is 245 Å². The fourth-order valence-electron chi connectivity index (χ4n) is 6.11. The van der Waals surface area contributed by atoms with E-state index in [1.807, 2.05) is 11.8 Å². The molecule has 2 amide bonds. The van der Waals surface area contributed by atoms with Crippen molar-refractivity contribution in [1.82, 2.24) is 25.5 Å². The van der Waals surface area contributed by atoms with E-state index in [4.69, 9.17) is 9.72 Å². The highest BCUT2D eigenvalue weighted by atomic mass is 16.5. The van der Waals surface area contributed by atoms with Gasteiger partial charge in [-0.3, -0.25) is 19.3 Å². The Morgan fingerprint density at radius 3 is 2.74 bits per heavy atom. The minimum absolute atomic E-state index is 0.0640. The molecular formula is C29H40N8O5. The van der Waals surface area contributed by atoms with Gasteiger partial charge in [0, 0.05) is 51.4 Å². The number of hydrogen-bond acceptors (Lipinski definition) is 10. The molecule has 2 aromatic rings. The average molecular weight is 581 g/mol. The maximum atomic E-state index is 13.2. The van der Waals surface area contributed by atoms with Gasteiger partial charge < -0.3 is 35.6 Å². The number of benzene rings is 1. The Morgan fingerprint density at radius 2 is 2.02 bits per heavy atom. The standard InChI is InChI=1S/C29H40N8O5/c1-4-22-27(39)35(2)23-16-32-29(34-25(23)37(22)19-7-5-6-8-19)33-20-10-9-18(15-24(20)42-3)26(38)31-12-14-36-13-11-30-21(17-36)28(40)41/h9-10,15-16,19,21-22,30H,4-8,11-14,17H2,1-3H3,(H,31,38)(H,40,41)(H,32,33,34)/t21?,22-/m1/s1. The van der Waals surface area contributed by atoms with Gasteiger partial charge in [0.05, 0.1) is 19.0 Å². The van der Waals surface area contributed by atoms with Gasteiger partial charge in [-0.05, 0) is 37.5 Å². The van der Waals surface area contributed by atoms with Crippen LogP contribution in [0.3, 0.4) is 0 Å². The van der Waals surface area contributed by atoms with Crippen LogP contribution in [0.4, 0.5) is 23.1 Å². The first-order valence-electron chi connectivity index (χ1n) is 14.7. The normalized spacial score (nSPS) is 21.3. The number of nitrogens with zero attached hydrogens (tertiary/aromatic N) is 5. The minimum atomic E-state index is -0.871. The summed E-state index contributed by atoms with van der Waals surface area (Å²) in [5, 5.41) is 18.4. The summed E-state index contributed by atoms with van der Waals surface area (Å²) < 4.78 is 5.59. The molecule has 5 rings (SSSR count). The highest BCUT2D eigenvalue weighted by Gasteiger charge is 2.41. The number of ether oxygens (including phenoxy) is 1. The fourth-order valence-corrected chi connectivity index (χ4v) is 6.11. The Kier molecular flexibility index (Phi) is 9.07. The largest absolute Gasteiger partial charge is 0.495 e. The molecule has 1 saturated heterocycles. The predicted molar refractivity (Wildman–Crippen MR) is 159 cm³/mol. The number of aromatic nitrogens is 2. The predicted octanol–water partition coefficient (Wildman–Crippen LogP) is 1.82. The Balaban J connectivity index is 1.28. The second-order valence-corrected chi connectivity index (χ2v) is 11.0. The topological polar surface area (TPSA) is 152 Å². The second-order valence-electron chi connectivity index (χ2n) is 11.0. The summed E-state index contributed by atoms with van der Waals surface area (Å²) in [6, 6.07) is 4.53. The number of hydrogen-bond donors (Lipinski definition) is 4. The van der Waals surface area contributed by atoms with Crippen LogP contribution in [0.5, 0.6) is 5.75 Å². The molecule has 4 N–H and O–H groups in total. The third-order valence-corrected chi connectivity index (χ3v) is 8.39. The molecule has 0 spiro atoms. The van der Waals surface area contributed by atoms with Gasteiger partial charge in [0.15, 0.2) is 5.82 Å². The molecular weight excluding hydrogens is 540 g/mol. The molecule has 3 aliphatic rings. The molecule has 1 unspecified atom stereocenters. The zero-order valence-electron chi connectivity index (χ0n) is 24.4. The van der Waals surface area contributed by atoms with Crippen molar-refractivity contribution in [2.75, 3.05) is 62.0 Å². The lowest BCUT2D eigenvalue weighted by Gasteiger charge is -2.43. The number of nitrogens with one attached hydrogen (secondary N) is 3. The molecule has 1 aliphatic carbocycles. The quantitative estimate of drug-likeness (QED) is 0.326. The van der Waals surface area contributed by atoms with Gasteiger partial charge in [-0.2, -0.15) is 4.98 Å². The van der Waals surface area contributed by atoms with E-state index in [1.165, 1.54) is 7.11 Å². The number of likely N-dealkylation sites (N-methyl/N-ethyl adjacent to an activating group) is 1. The average Bonchev–Trinajstić information content (AvgIpc) is 3.53. The number of carbonyl (C=O) groups is 3. The van der Waals surface area contributed by atoms with E-state index >= 15 is 0 Å². The number of rotatable bonds is 10. The summed E-state index contributed by atoms with van der Waals surface area (Å²) in [5.41, 5.74) is 1.74. The van der Waals surface area contributed by atoms with Crippen LogP contribution in [0, 0.1) is 0 Å². The van der Waals surface area contributed by atoms with Crippen LogP contribution in [0.2, 0.25) is 0 Å². The molecule has 13 nitrogen and oxygen atoms in total. The number of fused-ring (bicyclic) bond motifs is 1. The summed E-state index contributed by atoms with van der Waals surface area (Å²) in [6.45, 7) is 4.70. The van der Waals surface area contributed by atoms with Crippen LogP contribution in [0.1, 0.15) is 49.4 Å². The monoisotopic (exact) mass is 580 g/mol.